The molecule has 5 nitrogen and oxygen atoms in total. The highest BCUT2D eigenvalue weighted by Crippen LogP contribution is 2.22. The van der Waals surface area contributed by atoms with Gasteiger partial charge in [0, 0.05) is 11.4 Å². The molecule has 6 heteroatoms. The molecule has 2 aromatic heterocycles. The van der Waals surface area contributed by atoms with Gasteiger partial charge in [-0.3, -0.25) is 4.68 Å². The second-order valence-electron chi connectivity index (χ2n) is 4.33. The Kier molecular flexibility index (Phi) is 3.42. The zero-order valence-corrected chi connectivity index (χ0v) is 11.4. The van der Waals surface area contributed by atoms with Crippen LogP contribution in [0.2, 0.25) is 0 Å². The smallest absolute Gasteiger partial charge is 0.0946 e. The van der Waals surface area contributed by atoms with Crippen LogP contribution >= 0.6 is 11.5 Å². The Bertz CT molecular complexity index is 486. The molecule has 2 rings (SSSR count). The minimum Gasteiger partial charge on any atom is -0.376 e. The van der Waals surface area contributed by atoms with E-state index in [0.717, 1.165) is 17.1 Å². The number of anilines is 1. The fourth-order valence-electron chi connectivity index (χ4n) is 1.86. The molecule has 0 amide bonds. The number of hydrogen-bond acceptors (Lipinski definition) is 5. The molecule has 2 heterocycles. The van der Waals surface area contributed by atoms with Crippen molar-refractivity contribution in [3.63, 3.8) is 0 Å². The lowest BCUT2D eigenvalue weighted by Crippen LogP contribution is -2.06. The largest absolute Gasteiger partial charge is 0.376 e. The van der Waals surface area contributed by atoms with Gasteiger partial charge in [0.25, 0.3) is 0 Å². The molecule has 17 heavy (non-hydrogen) atoms. The molecule has 0 aliphatic heterocycles. The molecule has 0 saturated carbocycles. The van der Waals surface area contributed by atoms with Crippen molar-refractivity contribution in [3.05, 3.63) is 22.5 Å². The van der Waals surface area contributed by atoms with Crippen LogP contribution in [-0.4, -0.2) is 19.4 Å². The number of nitrogens with zero attached hydrogens (tertiary/aromatic N) is 4. The second kappa shape index (κ2) is 4.83. The first-order chi connectivity index (χ1) is 8.09. The predicted molar refractivity (Wildman–Crippen MR) is 69.3 cm³/mol. The van der Waals surface area contributed by atoms with Crippen LogP contribution in [0.1, 0.15) is 37.0 Å². The lowest BCUT2D eigenvalue weighted by atomic mass is 10.3. The molecule has 0 aliphatic rings. The van der Waals surface area contributed by atoms with Crippen LogP contribution in [0.4, 0.5) is 5.69 Å². The monoisotopic (exact) mass is 251 g/mol. The first-order valence-corrected chi connectivity index (χ1v) is 6.48. The summed E-state index contributed by atoms with van der Waals surface area (Å²) in [5, 5.41) is 13.9. The minimum absolute atomic E-state index is 0.380. The summed E-state index contributed by atoms with van der Waals surface area (Å²) in [5.74, 6) is 0. The normalized spacial score (nSPS) is 11.1. The summed E-state index contributed by atoms with van der Waals surface area (Å²) >= 11 is 1.37. The van der Waals surface area contributed by atoms with Gasteiger partial charge in [0.2, 0.25) is 0 Å². The minimum atomic E-state index is 0.380. The van der Waals surface area contributed by atoms with E-state index >= 15 is 0 Å². The van der Waals surface area contributed by atoms with Crippen LogP contribution in [0.5, 0.6) is 0 Å². The second-order valence-corrected chi connectivity index (χ2v) is 4.94. The molecular weight excluding hydrogens is 234 g/mol. The van der Waals surface area contributed by atoms with Gasteiger partial charge in [-0.05, 0) is 39.2 Å². The first-order valence-electron chi connectivity index (χ1n) is 5.65. The highest BCUT2D eigenvalue weighted by Gasteiger charge is 2.13. The highest BCUT2D eigenvalue weighted by molar-refractivity contribution is 7.03. The topological polar surface area (TPSA) is 55.6 Å². The molecule has 2 aromatic rings. The van der Waals surface area contributed by atoms with E-state index in [1.807, 2.05) is 17.0 Å². The van der Waals surface area contributed by atoms with Crippen LogP contribution in [0, 0.1) is 13.8 Å². The summed E-state index contributed by atoms with van der Waals surface area (Å²) < 4.78 is 5.88. The molecule has 0 radical (unpaired) electrons. The van der Waals surface area contributed by atoms with E-state index in [-0.39, 0.29) is 0 Å². The summed E-state index contributed by atoms with van der Waals surface area (Å²) in [6, 6.07) is 0.380. The van der Waals surface area contributed by atoms with Gasteiger partial charge in [-0.15, -0.1) is 5.10 Å². The van der Waals surface area contributed by atoms with Crippen molar-refractivity contribution < 1.29 is 0 Å². The summed E-state index contributed by atoms with van der Waals surface area (Å²) in [6.07, 6.45) is 0. The van der Waals surface area contributed by atoms with Gasteiger partial charge in [0.15, 0.2) is 0 Å². The summed E-state index contributed by atoms with van der Waals surface area (Å²) in [5.41, 5.74) is 4.26. The predicted octanol–water partition coefficient (Wildman–Crippen LogP) is 2.54. The third-order valence-electron chi connectivity index (χ3n) is 2.67. The number of rotatable bonds is 4. The van der Waals surface area contributed by atoms with Gasteiger partial charge >= 0.3 is 0 Å². The van der Waals surface area contributed by atoms with E-state index in [1.165, 1.54) is 17.2 Å². The Morgan fingerprint density at radius 1 is 1.41 bits per heavy atom. The van der Waals surface area contributed by atoms with E-state index in [0.29, 0.717) is 12.6 Å². The molecule has 0 aliphatic carbocycles. The molecule has 0 spiro atoms. The van der Waals surface area contributed by atoms with Crippen molar-refractivity contribution in [2.24, 2.45) is 0 Å². The molecule has 92 valence electrons. The molecule has 0 atom stereocenters. The fraction of sp³-hybridized carbons (Fsp3) is 0.545. The molecule has 0 bridgehead atoms. The van der Waals surface area contributed by atoms with Crippen molar-refractivity contribution >= 4 is 17.2 Å². The quantitative estimate of drug-likeness (QED) is 0.907. The van der Waals surface area contributed by atoms with Crippen molar-refractivity contribution in [2.45, 2.75) is 40.3 Å². The van der Waals surface area contributed by atoms with Gasteiger partial charge in [-0.25, -0.2) is 0 Å². The van der Waals surface area contributed by atoms with Crippen LogP contribution < -0.4 is 5.32 Å². The van der Waals surface area contributed by atoms with Gasteiger partial charge in [-0.1, -0.05) is 4.49 Å². The van der Waals surface area contributed by atoms with Gasteiger partial charge in [-0.2, -0.15) is 5.10 Å². The van der Waals surface area contributed by atoms with Gasteiger partial charge in [0.1, 0.15) is 0 Å². The van der Waals surface area contributed by atoms with E-state index in [2.05, 4.69) is 40.8 Å². The maximum atomic E-state index is 4.53. The zero-order chi connectivity index (χ0) is 12.4. The van der Waals surface area contributed by atoms with E-state index < -0.39 is 0 Å². The van der Waals surface area contributed by atoms with E-state index in [1.54, 1.807) is 0 Å². The van der Waals surface area contributed by atoms with Crippen molar-refractivity contribution in [2.75, 3.05) is 5.32 Å². The SMILES string of the molecule is Cc1nn(C(C)C)c(C)c1NCc1csnn1. The van der Waals surface area contributed by atoms with Crippen molar-refractivity contribution in [3.8, 4) is 0 Å². The summed E-state index contributed by atoms with van der Waals surface area (Å²) in [6.45, 7) is 9.07. The highest BCUT2D eigenvalue weighted by atomic mass is 32.1. The Labute approximate surface area is 105 Å². The van der Waals surface area contributed by atoms with Crippen LogP contribution in [0.3, 0.4) is 0 Å². The molecule has 0 saturated heterocycles. The lowest BCUT2D eigenvalue weighted by molar-refractivity contribution is 0.516. The zero-order valence-electron chi connectivity index (χ0n) is 10.6. The molecule has 1 N–H and O–H groups in total. The first kappa shape index (κ1) is 12.0. The van der Waals surface area contributed by atoms with E-state index in [4.69, 9.17) is 0 Å². The summed E-state index contributed by atoms with van der Waals surface area (Å²) in [7, 11) is 0. The van der Waals surface area contributed by atoms with Gasteiger partial charge < -0.3 is 5.32 Å². The average molecular weight is 251 g/mol. The summed E-state index contributed by atoms with van der Waals surface area (Å²) in [4.78, 5) is 0. The maximum Gasteiger partial charge on any atom is 0.0946 e. The van der Waals surface area contributed by atoms with Crippen LogP contribution in [0.15, 0.2) is 5.38 Å². The lowest BCUT2D eigenvalue weighted by Gasteiger charge is -2.09. The third kappa shape index (κ3) is 2.46. The van der Waals surface area contributed by atoms with E-state index in [9.17, 15) is 0 Å². The molecular formula is C11H17N5S. The van der Waals surface area contributed by atoms with Gasteiger partial charge in [0.05, 0.1) is 29.3 Å². The number of nitrogens with one attached hydrogen (secondary N) is 1. The fourth-order valence-corrected chi connectivity index (χ4v) is 2.31. The third-order valence-corrected chi connectivity index (χ3v) is 3.22. The Morgan fingerprint density at radius 2 is 2.18 bits per heavy atom. The average Bonchev–Trinajstić information content (AvgIpc) is 2.86. The number of hydrogen-bond donors (Lipinski definition) is 1. The Hall–Kier alpha value is -1.43. The Balaban J connectivity index is 2.15. The molecule has 0 fully saturated rings. The van der Waals surface area contributed by atoms with Crippen LogP contribution in [-0.2, 0) is 6.54 Å². The molecule has 0 unspecified atom stereocenters. The maximum absolute atomic E-state index is 4.53. The number of aromatic nitrogens is 4. The van der Waals surface area contributed by atoms with Crippen molar-refractivity contribution in [1.29, 1.82) is 0 Å². The Morgan fingerprint density at radius 3 is 2.71 bits per heavy atom. The molecule has 0 aromatic carbocycles. The van der Waals surface area contributed by atoms with Crippen LogP contribution in [0.25, 0.3) is 0 Å². The standard InChI is InChI=1S/C11H17N5S/c1-7(2)16-9(4)11(8(3)14-16)12-5-10-6-17-15-13-10/h6-7,12H,5H2,1-4H3. The number of aryl methyl sites for hydroxylation is 1. The van der Waals surface area contributed by atoms with Crippen molar-refractivity contribution in [1.82, 2.24) is 19.4 Å².